The second-order valence-corrected chi connectivity index (χ2v) is 5.69. The predicted octanol–water partition coefficient (Wildman–Crippen LogP) is 2.78. The Morgan fingerprint density at radius 1 is 1.17 bits per heavy atom. The van der Waals surface area contributed by atoms with Gasteiger partial charge in [-0.2, -0.15) is 0 Å². The molecule has 0 bridgehead atoms. The molecule has 3 rings (SSSR count). The van der Waals surface area contributed by atoms with E-state index in [4.69, 9.17) is 21.4 Å². The number of rotatable bonds is 4. The van der Waals surface area contributed by atoms with Gasteiger partial charge in [0, 0.05) is 25.4 Å². The fraction of sp³-hybridized carbons (Fsp3) is 0.188. The quantitative estimate of drug-likeness (QED) is 0.881. The number of pyridine rings is 1. The number of hydrogen-bond donors (Lipinski definition) is 2. The number of aromatic nitrogens is 1. The number of carbonyl (C=O) groups excluding carboxylic acids is 1. The fourth-order valence-electron chi connectivity index (χ4n) is 2.20. The predicted molar refractivity (Wildman–Crippen MR) is 84.9 cm³/mol. The Morgan fingerprint density at radius 3 is 2.50 bits per heavy atom. The van der Waals surface area contributed by atoms with Gasteiger partial charge in [0.2, 0.25) is 5.88 Å². The molecule has 2 N–H and O–H groups in total. The van der Waals surface area contributed by atoms with Crippen LogP contribution in [-0.2, 0) is 0 Å². The van der Waals surface area contributed by atoms with Gasteiger partial charge in [-0.25, -0.2) is 9.78 Å². The van der Waals surface area contributed by atoms with Crippen LogP contribution >= 0.6 is 11.6 Å². The second kappa shape index (κ2) is 6.37. The number of nitrogens with zero attached hydrogens (tertiary/aromatic N) is 2. The number of hydrogen-bond acceptors (Lipinski definition) is 5. The summed E-state index contributed by atoms with van der Waals surface area (Å²) >= 11 is 6.09. The lowest BCUT2D eigenvalue weighted by atomic mass is 10.1. The van der Waals surface area contributed by atoms with Gasteiger partial charge in [0.25, 0.3) is 5.91 Å². The van der Waals surface area contributed by atoms with Gasteiger partial charge in [-0.15, -0.1) is 0 Å². The molecule has 7 nitrogen and oxygen atoms in total. The van der Waals surface area contributed by atoms with Crippen molar-refractivity contribution < 1.29 is 24.5 Å². The lowest BCUT2D eigenvalue weighted by molar-refractivity contribution is 0.0649. The highest BCUT2D eigenvalue weighted by Crippen LogP contribution is 2.31. The summed E-state index contributed by atoms with van der Waals surface area (Å²) in [4.78, 5) is 28.8. The second-order valence-electron chi connectivity index (χ2n) is 5.28. The highest BCUT2D eigenvalue weighted by Gasteiger charge is 2.22. The SMILES string of the molecule is O=C(O)c1cc(O)cc(Oc2ncc(C(=O)N3CCC3)cc2Cl)c1. The molecule has 1 aliphatic rings. The number of carboxylic acids is 1. The molecule has 2 aromatic rings. The number of aromatic carboxylic acids is 1. The number of benzene rings is 1. The van der Waals surface area contributed by atoms with Crippen molar-refractivity contribution in [3.8, 4) is 17.4 Å². The third kappa shape index (κ3) is 3.26. The maximum Gasteiger partial charge on any atom is 0.335 e. The molecule has 1 amide bonds. The minimum Gasteiger partial charge on any atom is -0.508 e. The molecule has 24 heavy (non-hydrogen) atoms. The first-order chi connectivity index (χ1) is 11.4. The zero-order chi connectivity index (χ0) is 17.3. The van der Waals surface area contributed by atoms with E-state index in [2.05, 4.69) is 4.98 Å². The lowest BCUT2D eigenvalue weighted by Gasteiger charge is -2.30. The van der Waals surface area contributed by atoms with Crippen molar-refractivity contribution >= 4 is 23.5 Å². The van der Waals surface area contributed by atoms with E-state index in [1.54, 1.807) is 4.90 Å². The van der Waals surface area contributed by atoms with E-state index in [-0.39, 0.29) is 33.9 Å². The number of halogens is 1. The monoisotopic (exact) mass is 348 g/mol. The highest BCUT2D eigenvalue weighted by atomic mass is 35.5. The van der Waals surface area contributed by atoms with E-state index in [0.29, 0.717) is 5.56 Å². The van der Waals surface area contributed by atoms with Crippen molar-refractivity contribution in [2.24, 2.45) is 0 Å². The van der Waals surface area contributed by atoms with E-state index >= 15 is 0 Å². The fourth-order valence-corrected chi connectivity index (χ4v) is 2.40. The normalized spacial score (nSPS) is 13.3. The van der Waals surface area contributed by atoms with Crippen LogP contribution in [0, 0.1) is 0 Å². The van der Waals surface area contributed by atoms with Gasteiger partial charge in [-0.05, 0) is 24.6 Å². The van der Waals surface area contributed by atoms with E-state index in [9.17, 15) is 14.7 Å². The van der Waals surface area contributed by atoms with E-state index in [1.165, 1.54) is 24.4 Å². The largest absolute Gasteiger partial charge is 0.508 e. The van der Waals surface area contributed by atoms with E-state index < -0.39 is 5.97 Å². The molecule has 2 heterocycles. The molecular weight excluding hydrogens is 336 g/mol. The number of aromatic hydroxyl groups is 1. The molecule has 1 saturated heterocycles. The third-order valence-electron chi connectivity index (χ3n) is 3.55. The van der Waals surface area contributed by atoms with Crippen LogP contribution in [0.2, 0.25) is 5.02 Å². The molecule has 1 aromatic carbocycles. The number of amides is 1. The summed E-state index contributed by atoms with van der Waals surface area (Å²) in [6.07, 6.45) is 2.33. The van der Waals surface area contributed by atoms with Crippen molar-refractivity contribution in [3.05, 3.63) is 46.6 Å². The summed E-state index contributed by atoms with van der Waals surface area (Å²) in [7, 11) is 0. The highest BCUT2D eigenvalue weighted by molar-refractivity contribution is 6.32. The van der Waals surface area contributed by atoms with Crippen LogP contribution in [0.3, 0.4) is 0 Å². The molecule has 0 radical (unpaired) electrons. The molecule has 1 aromatic heterocycles. The number of likely N-dealkylation sites (tertiary alicyclic amines) is 1. The molecule has 0 saturated carbocycles. The van der Waals surface area contributed by atoms with Crippen LogP contribution in [0.1, 0.15) is 27.1 Å². The van der Waals surface area contributed by atoms with Gasteiger partial charge in [0.05, 0.1) is 11.1 Å². The molecule has 124 valence electrons. The van der Waals surface area contributed by atoms with Crippen molar-refractivity contribution in [1.82, 2.24) is 9.88 Å². The van der Waals surface area contributed by atoms with Gasteiger partial charge < -0.3 is 19.8 Å². The molecule has 0 atom stereocenters. The van der Waals surface area contributed by atoms with Crippen LogP contribution in [-0.4, -0.2) is 45.1 Å². The first-order valence-corrected chi connectivity index (χ1v) is 7.52. The summed E-state index contributed by atoms with van der Waals surface area (Å²) in [5.74, 6) is -1.52. The summed E-state index contributed by atoms with van der Waals surface area (Å²) in [5, 5.41) is 18.6. The molecule has 0 unspecified atom stereocenters. The molecule has 0 aliphatic carbocycles. The van der Waals surface area contributed by atoms with Crippen LogP contribution in [0.4, 0.5) is 0 Å². The van der Waals surface area contributed by atoms with Gasteiger partial charge in [-0.3, -0.25) is 4.79 Å². The summed E-state index contributed by atoms with van der Waals surface area (Å²) in [6, 6.07) is 5.02. The van der Waals surface area contributed by atoms with Crippen molar-refractivity contribution in [3.63, 3.8) is 0 Å². The minimum absolute atomic E-state index is 0.0127. The number of phenols is 1. The smallest absolute Gasteiger partial charge is 0.335 e. The zero-order valence-electron chi connectivity index (χ0n) is 12.4. The Bertz CT molecular complexity index is 820. The number of ether oxygens (including phenoxy) is 1. The first kappa shape index (κ1) is 16.1. The molecule has 1 aliphatic heterocycles. The molecular formula is C16H13ClN2O5. The summed E-state index contributed by atoms with van der Waals surface area (Å²) in [6.45, 7) is 1.44. The van der Waals surface area contributed by atoms with Crippen LogP contribution < -0.4 is 4.74 Å². The van der Waals surface area contributed by atoms with E-state index in [0.717, 1.165) is 25.6 Å². The topological polar surface area (TPSA) is 100.0 Å². The summed E-state index contributed by atoms with van der Waals surface area (Å²) < 4.78 is 5.43. The standard InChI is InChI=1S/C16H13ClN2O5/c17-13-6-10(15(21)19-2-1-3-19)8-18-14(13)24-12-5-9(16(22)23)4-11(20)7-12/h4-8,20H,1-3H2,(H,22,23). The van der Waals surface area contributed by atoms with Gasteiger partial charge >= 0.3 is 5.97 Å². The average Bonchev–Trinajstić information content (AvgIpc) is 2.46. The molecule has 0 spiro atoms. The Morgan fingerprint density at radius 2 is 1.92 bits per heavy atom. The average molecular weight is 349 g/mol. The third-order valence-corrected chi connectivity index (χ3v) is 3.82. The lowest BCUT2D eigenvalue weighted by Crippen LogP contribution is -2.42. The molecule has 1 fully saturated rings. The number of carboxylic acid groups (broad SMARTS) is 1. The van der Waals surface area contributed by atoms with Crippen LogP contribution in [0.15, 0.2) is 30.5 Å². The van der Waals surface area contributed by atoms with Crippen LogP contribution in [0.25, 0.3) is 0 Å². The van der Waals surface area contributed by atoms with Crippen molar-refractivity contribution in [2.45, 2.75) is 6.42 Å². The Kier molecular flexibility index (Phi) is 4.26. The van der Waals surface area contributed by atoms with Gasteiger partial charge in [0.15, 0.2) is 0 Å². The van der Waals surface area contributed by atoms with E-state index in [1.807, 2.05) is 0 Å². The summed E-state index contributed by atoms with van der Waals surface area (Å²) in [5.41, 5.74) is 0.222. The Hall–Kier alpha value is -2.80. The Balaban J connectivity index is 1.83. The number of phenolic OH excluding ortho intramolecular Hbond substituents is 1. The first-order valence-electron chi connectivity index (χ1n) is 7.14. The minimum atomic E-state index is -1.20. The Labute approximate surface area is 142 Å². The molecule has 8 heteroatoms. The zero-order valence-corrected chi connectivity index (χ0v) is 13.2. The number of carbonyl (C=O) groups is 2. The van der Waals surface area contributed by atoms with Gasteiger partial charge in [0.1, 0.15) is 16.5 Å². The van der Waals surface area contributed by atoms with Crippen molar-refractivity contribution in [1.29, 1.82) is 0 Å². The maximum absolute atomic E-state index is 12.1. The van der Waals surface area contributed by atoms with Gasteiger partial charge in [-0.1, -0.05) is 11.6 Å². The van der Waals surface area contributed by atoms with Crippen molar-refractivity contribution in [2.75, 3.05) is 13.1 Å². The maximum atomic E-state index is 12.1. The van der Waals surface area contributed by atoms with Crippen LogP contribution in [0.5, 0.6) is 17.4 Å².